The van der Waals surface area contributed by atoms with Crippen LogP contribution in [0.15, 0.2) is 71.7 Å². The van der Waals surface area contributed by atoms with Crippen molar-refractivity contribution in [3.8, 4) is 16.9 Å². The molecule has 0 atom stereocenters. The molecule has 4 rings (SSSR count). The SMILES string of the molecule is CCN(CC)CCOc1ccc(Nc2ncc3cc(-c4ccccc4)c(=O)n(CCO)c3n2)cc1. The van der Waals surface area contributed by atoms with Crippen LogP contribution in [0.1, 0.15) is 13.8 Å². The lowest BCUT2D eigenvalue weighted by molar-refractivity contribution is 0.223. The summed E-state index contributed by atoms with van der Waals surface area (Å²) in [6, 6.07) is 18.9. The van der Waals surface area contributed by atoms with E-state index in [0.717, 1.165) is 42.0 Å². The van der Waals surface area contributed by atoms with E-state index in [1.165, 1.54) is 4.57 Å². The van der Waals surface area contributed by atoms with Gasteiger partial charge in [-0.05, 0) is 49.0 Å². The third-order valence-corrected chi connectivity index (χ3v) is 5.92. The van der Waals surface area contributed by atoms with E-state index in [4.69, 9.17) is 4.74 Å². The highest BCUT2D eigenvalue weighted by Crippen LogP contribution is 2.22. The normalized spacial score (nSPS) is 11.2. The summed E-state index contributed by atoms with van der Waals surface area (Å²) < 4.78 is 7.34. The van der Waals surface area contributed by atoms with E-state index in [1.54, 1.807) is 12.3 Å². The van der Waals surface area contributed by atoms with Gasteiger partial charge in [-0.2, -0.15) is 4.98 Å². The molecule has 0 radical (unpaired) electrons. The Hall–Kier alpha value is -3.75. The maximum atomic E-state index is 13.2. The molecular weight excluding hydrogens is 442 g/mol. The molecule has 0 spiro atoms. The van der Waals surface area contributed by atoms with Crippen LogP contribution in [0, 0.1) is 0 Å². The van der Waals surface area contributed by atoms with Crippen LogP contribution in [-0.4, -0.2) is 57.4 Å². The third kappa shape index (κ3) is 5.85. The second kappa shape index (κ2) is 11.6. The van der Waals surface area contributed by atoms with Gasteiger partial charge >= 0.3 is 0 Å². The topological polar surface area (TPSA) is 92.5 Å². The number of benzene rings is 2. The van der Waals surface area contributed by atoms with Gasteiger partial charge in [0.1, 0.15) is 18.0 Å². The molecule has 2 N–H and O–H groups in total. The Balaban J connectivity index is 1.54. The largest absolute Gasteiger partial charge is 0.492 e. The molecular formula is C27H31N5O3. The molecule has 0 saturated heterocycles. The zero-order valence-electron chi connectivity index (χ0n) is 20.1. The number of anilines is 2. The van der Waals surface area contributed by atoms with Crippen molar-refractivity contribution in [2.75, 3.05) is 38.2 Å². The van der Waals surface area contributed by atoms with Crippen molar-refractivity contribution in [2.24, 2.45) is 0 Å². The first-order valence-electron chi connectivity index (χ1n) is 11.9. The number of ether oxygens (including phenoxy) is 1. The molecule has 0 bridgehead atoms. The highest BCUT2D eigenvalue weighted by Gasteiger charge is 2.13. The van der Waals surface area contributed by atoms with E-state index in [-0.39, 0.29) is 18.7 Å². The van der Waals surface area contributed by atoms with Crippen molar-refractivity contribution in [1.82, 2.24) is 19.4 Å². The number of nitrogens with zero attached hydrogens (tertiary/aromatic N) is 4. The maximum Gasteiger partial charge on any atom is 0.260 e. The van der Waals surface area contributed by atoms with Crippen LogP contribution in [0.2, 0.25) is 0 Å². The lowest BCUT2D eigenvalue weighted by Crippen LogP contribution is -2.27. The lowest BCUT2D eigenvalue weighted by atomic mass is 10.1. The van der Waals surface area contributed by atoms with Crippen molar-refractivity contribution in [1.29, 1.82) is 0 Å². The van der Waals surface area contributed by atoms with Crippen LogP contribution in [0.3, 0.4) is 0 Å². The molecule has 8 nitrogen and oxygen atoms in total. The van der Waals surface area contributed by atoms with Gasteiger partial charge in [0, 0.05) is 29.4 Å². The molecule has 2 aromatic carbocycles. The molecule has 2 heterocycles. The van der Waals surface area contributed by atoms with Crippen molar-refractivity contribution >= 4 is 22.7 Å². The summed E-state index contributed by atoms with van der Waals surface area (Å²) in [6.45, 7) is 7.80. The first kappa shape index (κ1) is 24.4. The monoisotopic (exact) mass is 473 g/mol. The highest BCUT2D eigenvalue weighted by molar-refractivity contribution is 5.81. The zero-order valence-corrected chi connectivity index (χ0v) is 20.1. The van der Waals surface area contributed by atoms with Gasteiger partial charge < -0.3 is 20.1 Å². The molecule has 0 saturated carbocycles. The van der Waals surface area contributed by atoms with Crippen molar-refractivity contribution in [3.05, 3.63) is 77.2 Å². The van der Waals surface area contributed by atoms with Gasteiger partial charge in [0.2, 0.25) is 5.95 Å². The first-order chi connectivity index (χ1) is 17.1. The van der Waals surface area contributed by atoms with E-state index in [9.17, 15) is 9.90 Å². The predicted octanol–water partition coefficient (Wildman–Crippen LogP) is 3.92. The van der Waals surface area contributed by atoms with E-state index in [2.05, 4.69) is 34.0 Å². The van der Waals surface area contributed by atoms with Gasteiger partial charge in [-0.25, -0.2) is 4.98 Å². The second-order valence-electron chi connectivity index (χ2n) is 8.10. The summed E-state index contributed by atoms with van der Waals surface area (Å²) in [5.41, 5.74) is 2.43. The lowest BCUT2D eigenvalue weighted by Gasteiger charge is -2.18. The van der Waals surface area contributed by atoms with Gasteiger partial charge in [-0.15, -0.1) is 0 Å². The molecule has 0 aliphatic rings. The Bertz CT molecular complexity index is 1300. The Morgan fingerprint density at radius 3 is 2.49 bits per heavy atom. The van der Waals surface area contributed by atoms with Crippen LogP contribution in [0.5, 0.6) is 5.75 Å². The molecule has 8 heteroatoms. The molecule has 0 unspecified atom stereocenters. The number of pyridine rings is 1. The molecule has 0 fully saturated rings. The van der Waals surface area contributed by atoms with Crippen molar-refractivity contribution in [3.63, 3.8) is 0 Å². The minimum absolute atomic E-state index is 0.145. The molecule has 35 heavy (non-hydrogen) atoms. The number of likely N-dealkylation sites (N-methyl/N-ethyl adjacent to an activating group) is 1. The minimum atomic E-state index is -0.200. The van der Waals surface area contributed by atoms with Gasteiger partial charge in [0.25, 0.3) is 5.56 Å². The molecule has 0 amide bonds. The number of hydrogen-bond donors (Lipinski definition) is 2. The summed E-state index contributed by atoms with van der Waals surface area (Å²) in [6.07, 6.45) is 1.69. The van der Waals surface area contributed by atoms with Crippen LogP contribution in [0.25, 0.3) is 22.2 Å². The summed E-state index contributed by atoms with van der Waals surface area (Å²) >= 11 is 0. The second-order valence-corrected chi connectivity index (χ2v) is 8.10. The minimum Gasteiger partial charge on any atom is -0.492 e. The van der Waals surface area contributed by atoms with Crippen LogP contribution < -0.4 is 15.6 Å². The number of aromatic nitrogens is 3. The fraction of sp³-hybridized carbons (Fsp3) is 0.296. The summed E-state index contributed by atoms with van der Waals surface area (Å²) in [5.74, 6) is 1.17. The fourth-order valence-corrected chi connectivity index (χ4v) is 3.95. The van der Waals surface area contributed by atoms with Crippen LogP contribution in [-0.2, 0) is 6.54 Å². The molecule has 0 aliphatic carbocycles. The maximum absolute atomic E-state index is 13.2. The van der Waals surface area contributed by atoms with Gasteiger partial charge in [0.05, 0.1) is 13.2 Å². The average molecular weight is 474 g/mol. The van der Waals surface area contributed by atoms with Gasteiger partial charge in [-0.1, -0.05) is 44.2 Å². The third-order valence-electron chi connectivity index (χ3n) is 5.92. The number of rotatable bonds is 11. The average Bonchev–Trinajstić information content (AvgIpc) is 2.90. The number of nitrogens with one attached hydrogen (secondary N) is 1. The van der Waals surface area contributed by atoms with Crippen molar-refractivity contribution < 1.29 is 9.84 Å². The Morgan fingerprint density at radius 1 is 1.06 bits per heavy atom. The first-order valence-corrected chi connectivity index (χ1v) is 11.9. The summed E-state index contributed by atoms with van der Waals surface area (Å²) in [7, 11) is 0. The number of hydrogen-bond acceptors (Lipinski definition) is 7. The van der Waals surface area contributed by atoms with E-state index < -0.39 is 0 Å². The Labute approximate surface area is 204 Å². The molecule has 0 aliphatic heterocycles. The highest BCUT2D eigenvalue weighted by atomic mass is 16.5. The molecule has 182 valence electrons. The number of fused-ring (bicyclic) bond motifs is 1. The van der Waals surface area contributed by atoms with Gasteiger partial charge in [0.15, 0.2) is 0 Å². The van der Waals surface area contributed by atoms with E-state index >= 15 is 0 Å². The smallest absolute Gasteiger partial charge is 0.260 e. The summed E-state index contributed by atoms with van der Waals surface area (Å²) in [5, 5.41) is 13.5. The molecule has 2 aromatic heterocycles. The number of aliphatic hydroxyl groups excluding tert-OH is 1. The summed E-state index contributed by atoms with van der Waals surface area (Å²) in [4.78, 5) is 24.5. The van der Waals surface area contributed by atoms with Crippen LogP contribution in [0.4, 0.5) is 11.6 Å². The molecule has 4 aromatic rings. The Kier molecular flexibility index (Phi) is 8.07. The zero-order chi connectivity index (χ0) is 24.6. The van der Waals surface area contributed by atoms with E-state index in [1.807, 2.05) is 54.6 Å². The quantitative estimate of drug-likeness (QED) is 0.341. The van der Waals surface area contributed by atoms with Crippen LogP contribution >= 0.6 is 0 Å². The van der Waals surface area contributed by atoms with Gasteiger partial charge in [-0.3, -0.25) is 9.36 Å². The fourth-order valence-electron chi connectivity index (χ4n) is 3.95. The van der Waals surface area contributed by atoms with E-state index in [0.29, 0.717) is 23.8 Å². The Morgan fingerprint density at radius 2 is 1.80 bits per heavy atom. The van der Waals surface area contributed by atoms with Crippen molar-refractivity contribution in [2.45, 2.75) is 20.4 Å². The predicted molar refractivity (Wildman–Crippen MR) is 139 cm³/mol. The standard InChI is InChI=1S/C27H31N5O3/c1-3-31(4-2)15-17-35-23-12-10-22(11-13-23)29-27-28-19-21-18-24(20-8-6-5-7-9-20)26(34)32(14-16-33)25(21)30-27/h5-13,18-19,33H,3-4,14-17H2,1-2H3,(H,28,29,30). The number of aliphatic hydroxyl groups is 1.